The molecule has 192 valence electrons. The molecule has 0 saturated heterocycles. The molecule has 3 rings (SSSR count). The molecule has 0 fully saturated rings. The van der Waals surface area contributed by atoms with E-state index in [0.717, 1.165) is 6.21 Å². The van der Waals surface area contributed by atoms with Crippen LogP contribution in [0.2, 0.25) is 15.1 Å². The molecule has 11 nitrogen and oxygen atoms in total. The van der Waals surface area contributed by atoms with Crippen LogP contribution in [0.3, 0.4) is 0 Å². The lowest BCUT2D eigenvalue weighted by atomic mass is 10.3. The van der Waals surface area contributed by atoms with Crippen LogP contribution in [-0.2, 0) is 25.7 Å². The van der Waals surface area contributed by atoms with Crippen LogP contribution in [0.15, 0.2) is 58.0 Å². The second kappa shape index (κ2) is 12.8. The summed E-state index contributed by atoms with van der Waals surface area (Å²) in [4.78, 5) is 48.2. The van der Waals surface area contributed by atoms with Crippen molar-refractivity contribution in [2.24, 2.45) is 5.10 Å². The Kier molecular flexibility index (Phi) is 9.50. The molecule has 4 N–H and O–H groups in total. The van der Waals surface area contributed by atoms with Crippen LogP contribution in [0.25, 0.3) is 0 Å². The minimum atomic E-state index is -1.05. The van der Waals surface area contributed by atoms with Crippen molar-refractivity contribution < 1.29 is 28.3 Å². The van der Waals surface area contributed by atoms with Gasteiger partial charge in [-0.3, -0.25) is 19.2 Å². The molecule has 0 saturated carbocycles. The Morgan fingerprint density at radius 2 is 1.57 bits per heavy atom. The lowest BCUT2D eigenvalue weighted by Crippen LogP contribution is -2.34. The van der Waals surface area contributed by atoms with Crippen LogP contribution in [0.1, 0.15) is 11.5 Å². The summed E-state index contributed by atoms with van der Waals surface area (Å²) in [7, 11) is 1.40. The van der Waals surface area contributed by atoms with Crippen LogP contribution in [0.5, 0.6) is 5.75 Å². The van der Waals surface area contributed by atoms with Gasteiger partial charge in [-0.15, -0.1) is 0 Å². The molecule has 1 heterocycles. The number of furan rings is 1. The van der Waals surface area contributed by atoms with Crippen LogP contribution >= 0.6 is 34.8 Å². The number of hydrazone groups is 1. The number of benzene rings is 2. The Balaban J connectivity index is 1.46. The van der Waals surface area contributed by atoms with Gasteiger partial charge in [-0.05, 0) is 48.5 Å². The van der Waals surface area contributed by atoms with Gasteiger partial charge < -0.3 is 25.1 Å². The van der Waals surface area contributed by atoms with E-state index in [1.54, 1.807) is 6.07 Å². The molecule has 0 aliphatic rings. The smallest absolute Gasteiger partial charge is 0.329 e. The van der Waals surface area contributed by atoms with E-state index in [-0.39, 0.29) is 23.7 Å². The van der Waals surface area contributed by atoms with Crippen LogP contribution < -0.4 is 26.1 Å². The van der Waals surface area contributed by atoms with Crippen molar-refractivity contribution in [2.75, 3.05) is 17.7 Å². The van der Waals surface area contributed by atoms with E-state index in [9.17, 15) is 19.2 Å². The molecular weight excluding hydrogens is 549 g/mol. The molecule has 0 radical (unpaired) electrons. The van der Waals surface area contributed by atoms with Crippen molar-refractivity contribution in [1.82, 2.24) is 10.7 Å². The fraction of sp³-hybridized carbons (Fsp3) is 0.0870. The first-order valence-electron chi connectivity index (χ1n) is 10.3. The number of ether oxygens (including phenoxy) is 1. The number of nitrogens with one attached hydrogen (secondary N) is 4. The Morgan fingerprint density at radius 1 is 0.865 bits per heavy atom. The fourth-order valence-corrected chi connectivity index (χ4v) is 3.48. The van der Waals surface area contributed by atoms with Gasteiger partial charge in [0, 0.05) is 20.8 Å². The number of hydrogen-bond acceptors (Lipinski definition) is 7. The summed E-state index contributed by atoms with van der Waals surface area (Å²) in [5, 5.41) is 11.7. The lowest BCUT2D eigenvalue weighted by Gasteiger charge is -2.09. The van der Waals surface area contributed by atoms with Gasteiger partial charge in [0.15, 0.2) is 0 Å². The van der Waals surface area contributed by atoms with Gasteiger partial charge in [0.25, 0.3) is 0 Å². The summed E-state index contributed by atoms with van der Waals surface area (Å²) in [6.45, 7) is -0.105. The highest BCUT2D eigenvalue weighted by Gasteiger charge is 2.17. The second-order valence-corrected chi connectivity index (χ2v) is 8.41. The number of carbonyl (C=O) groups is 4. The van der Waals surface area contributed by atoms with Gasteiger partial charge in [0.05, 0.1) is 25.6 Å². The Labute approximate surface area is 225 Å². The molecule has 0 atom stereocenters. The third-order valence-electron chi connectivity index (χ3n) is 4.41. The lowest BCUT2D eigenvalue weighted by molar-refractivity contribution is -0.136. The monoisotopic (exact) mass is 565 g/mol. The molecule has 0 aliphatic carbocycles. The molecule has 1 aromatic heterocycles. The SMILES string of the molecule is COc1ccc(Cl)cc1NC(=O)C(=O)NN=Cc1ccc(CNC(=O)C(=O)Nc2cc(Cl)cc(Cl)c2)o1. The minimum Gasteiger partial charge on any atom is -0.495 e. The number of hydrogen-bond donors (Lipinski definition) is 4. The molecule has 3 aromatic rings. The van der Waals surface area contributed by atoms with Crippen molar-refractivity contribution in [3.63, 3.8) is 0 Å². The van der Waals surface area contributed by atoms with Crippen molar-refractivity contribution in [3.05, 3.63) is 75.1 Å². The molecule has 2 aromatic carbocycles. The topological polar surface area (TPSA) is 151 Å². The van der Waals surface area contributed by atoms with Crippen molar-refractivity contribution in [3.8, 4) is 5.75 Å². The second-order valence-electron chi connectivity index (χ2n) is 7.10. The summed E-state index contributed by atoms with van der Waals surface area (Å²) < 4.78 is 10.5. The first-order valence-corrected chi connectivity index (χ1v) is 11.4. The van der Waals surface area contributed by atoms with Gasteiger partial charge in [0.2, 0.25) is 0 Å². The zero-order valence-electron chi connectivity index (χ0n) is 18.9. The number of amides is 4. The van der Waals surface area contributed by atoms with Gasteiger partial charge in [-0.2, -0.15) is 5.10 Å². The van der Waals surface area contributed by atoms with Crippen LogP contribution in [-0.4, -0.2) is 37.0 Å². The average Bonchev–Trinajstić information content (AvgIpc) is 3.29. The van der Waals surface area contributed by atoms with E-state index < -0.39 is 23.6 Å². The molecular formula is C23H18Cl3N5O6. The normalized spacial score (nSPS) is 10.6. The Morgan fingerprint density at radius 3 is 2.27 bits per heavy atom. The first-order chi connectivity index (χ1) is 17.6. The van der Waals surface area contributed by atoms with Crippen molar-refractivity contribution in [2.45, 2.75) is 6.54 Å². The number of nitrogens with zero attached hydrogens (tertiary/aromatic N) is 1. The Hall–Kier alpha value is -4.06. The number of methoxy groups -OCH3 is 1. The predicted molar refractivity (Wildman–Crippen MR) is 138 cm³/mol. The summed E-state index contributed by atoms with van der Waals surface area (Å²) in [6.07, 6.45) is 1.14. The number of rotatable bonds is 7. The molecule has 0 bridgehead atoms. The van der Waals surface area contributed by atoms with E-state index in [2.05, 4.69) is 26.5 Å². The Bertz CT molecular complexity index is 1350. The molecule has 0 aliphatic heterocycles. The molecule has 0 spiro atoms. The van der Waals surface area contributed by atoms with Gasteiger partial charge in [0.1, 0.15) is 17.3 Å². The van der Waals surface area contributed by atoms with E-state index >= 15 is 0 Å². The summed E-state index contributed by atoms with van der Waals surface area (Å²) in [6, 6.07) is 11.9. The van der Waals surface area contributed by atoms with Crippen LogP contribution in [0.4, 0.5) is 11.4 Å². The zero-order valence-corrected chi connectivity index (χ0v) is 21.2. The maximum absolute atomic E-state index is 12.1. The van der Waals surface area contributed by atoms with Gasteiger partial charge >= 0.3 is 23.6 Å². The predicted octanol–water partition coefficient (Wildman–Crippen LogP) is 3.59. The standard InChI is InChI=1S/C23H18Cl3N5O6/c1-36-19-5-2-12(24)9-18(19)30-22(34)23(35)31-28-11-17-4-3-16(37-17)10-27-20(32)21(33)29-15-7-13(25)6-14(26)8-15/h2-9,11H,10H2,1H3,(H,27,32)(H,29,33)(H,30,34)(H,31,35). The third-order valence-corrected chi connectivity index (χ3v) is 5.08. The average molecular weight is 567 g/mol. The van der Waals surface area contributed by atoms with Crippen molar-refractivity contribution in [1.29, 1.82) is 0 Å². The molecule has 0 unspecified atom stereocenters. The zero-order chi connectivity index (χ0) is 26.9. The van der Waals surface area contributed by atoms with Gasteiger partial charge in [-0.1, -0.05) is 34.8 Å². The van der Waals surface area contributed by atoms with E-state index in [0.29, 0.717) is 26.6 Å². The number of anilines is 2. The summed E-state index contributed by atoms with van der Waals surface area (Å²) in [5.74, 6) is -3.08. The number of halogens is 3. The quantitative estimate of drug-likeness (QED) is 0.195. The molecule has 14 heteroatoms. The van der Waals surface area contributed by atoms with E-state index in [4.69, 9.17) is 44.0 Å². The van der Waals surface area contributed by atoms with Crippen LogP contribution in [0, 0.1) is 0 Å². The van der Waals surface area contributed by atoms with Gasteiger partial charge in [-0.25, -0.2) is 5.43 Å². The third kappa shape index (κ3) is 8.24. The highest BCUT2D eigenvalue weighted by molar-refractivity contribution is 6.41. The van der Waals surface area contributed by atoms with E-state index in [1.165, 1.54) is 49.6 Å². The van der Waals surface area contributed by atoms with E-state index in [1.807, 2.05) is 0 Å². The summed E-state index contributed by atoms with van der Waals surface area (Å²) >= 11 is 17.6. The highest BCUT2D eigenvalue weighted by Crippen LogP contribution is 2.27. The molecule has 4 amide bonds. The maximum Gasteiger partial charge on any atom is 0.329 e. The maximum atomic E-state index is 12.1. The highest BCUT2D eigenvalue weighted by atomic mass is 35.5. The van der Waals surface area contributed by atoms with Crippen molar-refractivity contribution >= 4 is 76.0 Å². The number of carbonyl (C=O) groups excluding carboxylic acids is 4. The minimum absolute atomic E-state index is 0.105. The molecule has 37 heavy (non-hydrogen) atoms. The first kappa shape index (κ1) is 27.5. The largest absolute Gasteiger partial charge is 0.495 e. The fourth-order valence-electron chi connectivity index (χ4n) is 2.78. The summed E-state index contributed by atoms with van der Waals surface area (Å²) in [5.41, 5.74) is 2.52.